The number of alkyl halides is 3. The lowest BCUT2D eigenvalue weighted by molar-refractivity contribution is -0.137. The summed E-state index contributed by atoms with van der Waals surface area (Å²) >= 11 is 0. The zero-order chi connectivity index (χ0) is 18.2. The quantitative estimate of drug-likeness (QED) is 0.826. The van der Waals surface area contributed by atoms with E-state index >= 15 is 0 Å². The van der Waals surface area contributed by atoms with Gasteiger partial charge in [-0.1, -0.05) is 12.1 Å². The summed E-state index contributed by atoms with van der Waals surface area (Å²) in [6, 6.07) is 8.64. The van der Waals surface area contributed by atoms with Crippen LogP contribution in [0.3, 0.4) is 0 Å². The fraction of sp³-hybridized carbons (Fsp3) is 0.250. The Kier molecular flexibility index (Phi) is 4.38. The molecular formula is C16H14F3NO4S. The minimum absolute atomic E-state index is 0.0186. The van der Waals surface area contributed by atoms with Crippen molar-refractivity contribution < 1.29 is 31.1 Å². The van der Waals surface area contributed by atoms with Crippen LogP contribution in [0.25, 0.3) is 0 Å². The molecule has 0 saturated carbocycles. The molecule has 25 heavy (non-hydrogen) atoms. The third kappa shape index (κ3) is 3.57. The first-order valence-electron chi connectivity index (χ1n) is 7.20. The van der Waals surface area contributed by atoms with Crippen molar-refractivity contribution >= 4 is 10.0 Å². The SMILES string of the molecule is CN(Cc1ccc2c(c1)OCO2)S(=O)(=O)c1cccc(C(F)(F)F)c1. The van der Waals surface area contributed by atoms with Gasteiger partial charge >= 0.3 is 6.18 Å². The van der Waals surface area contributed by atoms with E-state index < -0.39 is 26.7 Å². The first-order chi connectivity index (χ1) is 11.7. The summed E-state index contributed by atoms with van der Waals surface area (Å²) in [7, 11) is -2.77. The fourth-order valence-electron chi connectivity index (χ4n) is 2.39. The number of fused-ring (bicyclic) bond motifs is 1. The predicted molar refractivity (Wildman–Crippen MR) is 82.7 cm³/mol. The molecule has 1 heterocycles. The molecule has 9 heteroatoms. The Balaban J connectivity index is 1.85. The molecule has 0 saturated heterocycles. The van der Waals surface area contributed by atoms with Crippen LogP contribution in [0.15, 0.2) is 47.4 Å². The molecule has 0 spiro atoms. The number of sulfonamides is 1. The molecule has 1 aliphatic heterocycles. The molecule has 0 aromatic heterocycles. The first-order valence-corrected chi connectivity index (χ1v) is 8.64. The van der Waals surface area contributed by atoms with Crippen LogP contribution < -0.4 is 9.47 Å². The van der Waals surface area contributed by atoms with E-state index in [4.69, 9.17) is 9.47 Å². The van der Waals surface area contributed by atoms with Crippen molar-refractivity contribution in [1.82, 2.24) is 4.31 Å². The standard InChI is InChI=1S/C16H14F3NO4S/c1-20(9-11-5-6-14-15(7-11)24-10-23-14)25(21,22)13-4-2-3-12(8-13)16(17,18)19/h2-8H,9-10H2,1H3. The van der Waals surface area contributed by atoms with Crippen LogP contribution in [0.4, 0.5) is 13.2 Å². The highest BCUT2D eigenvalue weighted by atomic mass is 32.2. The van der Waals surface area contributed by atoms with E-state index in [1.807, 2.05) is 0 Å². The molecule has 0 amide bonds. The lowest BCUT2D eigenvalue weighted by atomic mass is 10.2. The number of hydrogen-bond acceptors (Lipinski definition) is 4. The molecule has 0 bridgehead atoms. The highest BCUT2D eigenvalue weighted by Gasteiger charge is 2.32. The number of rotatable bonds is 4. The Morgan fingerprint density at radius 2 is 1.80 bits per heavy atom. The molecule has 0 fully saturated rings. The number of halogens is 3. The van der Waals surface area contributed by atoms with Gasteiger partial charge in [-0.15, -0.1) is 0 Å². The molecule has 0 radical (unpaired) electrons. The largest absolute Gasteiger partial charge is 0.454 e. The molecular weight excluding hydrogens is 359 g/mol. The van der Waals surface area contributed by atoms with Crippen LogP contribution in [0.2, 0.25) is 0 Å². The van der Waals surface area contributed by atoms with Crippen molar-refractivity contribution in [3.63, 3.8) is 0 Å². The number of benzene rings is 2. The van der Waals surface area contributed by atoms with Gasteiger partial charge in [0.1, 0.15) is 0 Å². The fourth-order valence-corrected chi connectivity index (χ4v) is 3.60. The maximum absolute atomic E-state index is 12.8. The smallest absolute Gasteiger partial charge is 0.416 e. The maximum atomic E-state index is 12.8. The first kappa shape index (κ1) is 17.6. The average Bonchev–Trinajstić information content (AvgIpc) is 3.01. The highest BCUT2D eigenvalue weighted by molar-refractivity contribution is 7.89. The van der Waals surface area contributed by atoms with Crippen LogP contribution in [0, 0.1) is 0 Å². The van der Waals surface area contributed by atoms with Crippen LogP contribution in [0.5, 0.6) is 11.5 Å². The Morgan fingerprint density at radius 1 is 1.08 bits per heavy atom. The van der Waals surface area contributed by atoms with Crippen molar-refractivity contribution in [2.24, 2.45) is 0 Å². The van der Waals surface area contributed by atoms with Crippen molar-refractivity contribution in [2.75, 3.05) is 13.8 Å². The van der Waals surface area contributed by atoms with Crippen LogP contribution in [0.1, 0.15) is 11.1 Å². The molecule has 2 aromatic rings. The van der Waals surface area contributed by atoms with Gasteiger partial charge in [-0.05, 0) is 35.9 Å². The Hall–Kier alpha value is -2.26. The second-order valence-corrected chi connectivity index (χ2v) is 7.52. The average molecular weight is 373 g/mol. The zero-order valence-electron chi connectivity index (χ0n) is 13.1. The highest BCUT2D eigenvalue weighted by Crippen LogP contribution is 2.34. The summed E-state index contributed by atoms with van der Waals surface area (Å²) in [4.78, 5) is -0.412. The Labute approximate surface area is 142 Å². The molecule has 2 aromatic carbocycles. The lowest BCUT2D eigenvalue weighted by Gasteiger charge is -2.18. The van der Waals surface area contributed by atoms with E-state index in [9.17, 15) is 21.6 Å². The summed E-state index contributed by atoms with van der Waals surface area (Å²) in [6.45, 7) is 0.0758. The minimum atomic E-state index is -4.61. The molecule has 0 aliphatic carbocycles. The third-order valence-electron chi connectivity index (χ3n) is 3.71. The summed E-state index contributed by atoms with van der Waals surface area (Å²) in [5.74, 6) is 1.06. The number of hydrogen-bond donors (Lipinski definition) is 0. The van der Waals surface area contributed by atoms with Crippen LogP contribution >= 0.6 is 0 Å². The van der Waals surface area contributed by atoms with Crippen LogP contribution in [-0.2, 0) is 22.7 Å². The molecule has 5 nitrogen and oxygen atoms in total. The number of nitrogens with zero attached hydrogens (tertiary/aromatic N) is 1. The molecule has 0 N–H and O–H groups in total. The van der Waals surface area contributed by atoms with Crippen molar-refractivity contribution in [3.8, 4) is 11.5 Å². The van der Waals surface area contributed by atoms with E-state index in [0.29, 0.717) is 23.1 Å². The van der Waals surface area contributed by atoms with Gasteiger partial charge in [0.25, 0.3) is 0 Å². The van der Waals surface area contributed by atoms with Gasteiger partial charge in [-0.25, -0.2) is 8.42 Å². The topological polar surface area (TPSA) is 55.8 Å². The lowest BCUT2D eigenvalue weighted by Crippen LogP contribution is -2.26. The maximum Gasteiger partial charge on any atom is 0.416 e. The second kappa shape index (κ2) is 6.23. The van der Waals surface area contributed by atoms with E-state index in [1.54, 1.807) is 18.2 Å². The summed E-state index contributed by atoms with van der Waals surface area (Å²) in [5.41, 5.74) is -0.382. The molecule has 0 unspecified atom stereocenters. The normalized spacial score (nSPS) is 14.1. The second-order valence-electron chi connectivity index (χ2n) is 5.47. The van der Waals surface area contributed by atoms with Crippen molar-refractivity contribution in [1.29, 1.82) is 0 Å². The number of ether oxygens (including phenoxy) is 2. The third-order valence-corrected chi connectivity index (χ3v) is 5.51. The monoisotopic (exact) mass is 373 g/mol. The van der Waals surface area contributed by atoms with Gasteiger partial charge in [0, 0.05) is 13.6 Å². The summed E-state index contributed by atoms with van der Waals surface area (Å²) < 4.78 is 74.9. The molecule has 0 atom stereocenters. The van der Waals surface area contributed by atoms with E-state index in [-0.39, 0.29) is 13.3 Å². The van der Waals surface area contributed by atoms with Gasteiger partial charge in [-0.2, -0.15) is 17.5 Å². The van der Waals surface area contributed by atoms with Gasteiger partial charge in [0.2, 0.25) is 16.8 Å². The Morgan fingerprint density at radius 3 is 2.52 bits per heavy atom. The minimum Gasteiger partial charge on any atom is -0.454 e. The van der Waals surface area contributed by atoms with Crippen molar-refractivity contribution in [3.05, 3.63) is 53.6 Å². The molecule has 3 rings (SSSR count). The van der Waals surface area contributed by atoms with Gasteiger partial charge in [-0.3, -0.25) is 0 Å². The van der Waals surface area contributed by atoms with E-state index in [2.05, 4.69) is 0 Å². The van der Waals surface area contributed by atoms with Gasteiger partial charge < -0.3 is 9.47 Å². The van der Waals surface area contributed by atoms with Crippen molar-refractivity contribution in [2.45, 2.75) is 17.6 Å². The Bertz CT molecular complexity index is 896. The van der Waals surface area contributed by atoms with E-state index in [1.165, 1.54) is 7.05 Å². The van der Waals surface area contributed by atoms with Gasteiger partial charge in [0.05, 0.1) is 10.5 Å². The molecule has 1 aliphatic rings. The zero-order valence-corrected chi connectivity index (χ0v) is 13.9. The summed E-state index contributed by atoms with van der Waals surface area (Å²) in [5, 5.41) is 0. The summed E-state index contributed by atoms with van der Waals surface area (Å²) in [6.07, 6.45) is -4.61. The van der Waals surface area contributed by atoms with Gasteiger partial charge in [0.15, 0.2) is 11.5 Å². The van der Waals surface area contributed by atoms with E-state index in [0.717, 1.165) is 22.5 Å². The molecule has 134 valence electrons. The van der Waals surface area contributed by atoms with Crippen LogP contribution in [-0.4, -0.2) is 26.6 Å². The predicted octanol–water partition coefficient (Wildman–Crippen LogP) is 3.25.